The third-order valence-electron chi connectivity index (χ3n) is 5.71. The van der Waals surface area contributed by atoms with Crippen LogP contribution >= 0.6 is 11.6 Å². The van der Waals surface area contributed by atoms with Crippen LogP contribution < -0.4 is 10.6 Å². The monoisotopic (exact) mass is 436 g/mol. The summed E-state index contributed by atoms with van der Waals surface area (Å²) in [6.45, 7) is 3.48. The lowest BCUT2D eigenvalue weighted by molar-refractivity contribution is 0.0913. The second-order valence-electron chi connectivity index (χ2n) is 8.24. The van der Waals surface area contributed by atoms with Crippen LogP contribution in [0.25, 0.3) is 22.4 Å². The molecule has 0 aliphatic carbocycles. The SMILES string of the molecule is CN(C)CCNCCC1CNC(=O)c2cc(-c3cccc(Cl)c3)c(-c3ccccc3)n21. The van der Waals surface area contributed by atoms with E-state index in [0.29, 0.717) is 17.3 Å². The van der Waals surface area contributed by atoms with Gasteiger partial charge in [-0.3, -0.25) is 4.79 Å². The van der Waals surface area contributed by atoms with Crippen molar-refractivity contribution in [2.45, 2.75) is 12.5 Å². The minimum atomic E-state index is -0.0257. The van der Waals surface area contributed by atoms with Gasteiger partial charge in [0, 0.05) is 30.2 Å². The first-order valence-electron chi connectivity index (χ1n) is 10.7. The van der Waals surface area contributed by atoms with Gasteiger partial charge in [0.05, 0.1) is 11.7 Å². The van der Waals surface area contributed by atoms with Crippen LogP contribution in [0.1, 0.15) is 23.0 Å². The molecule has 1 aromatic heterocycles. The number of halogens is 1. The molecule has 0 saturated carbocycles. The summed E-state index contributed by atoms with van der Waals surface area (Å²) in [7, 11) is 4.15. The lowest BCUT2D eigenvalue weighted by Crippen LogP contribution is -2.40. The van der Waals surface area contributed by atoms with Crippen LogP contribution in [0.3, 0.4) is 0 Å². The van der Waals surface area contributed by atoms with Crippen molar-refractivity contribution in [3.05, 3.63) is 71.4 Å². The molecule has 2 aromatic carbocycles. The lowest BCUT2D eigenvalue weighted by atomic mass is 10.0. The fraction of sp³-hybridized carbons (Fsp3) is 0.320. The Labute approximate surface area is 189 Å². The molecule has 0 bridgehead atoms. The van der Waals surface area contributed by atoms with Gasteiger partial charge in [-0.15, -0.1) is 0 Å². The molecule has 5 nitrogen and oxygen atoms in total. The topological polar surface area (TPSA) is 49.3 Å². The number of likely N-dealkylation sites (N-methyl/N-ethyl adjacent to an activating group) is 1. The Morgan fingerprint density at radius 1 is 1.06 bits per heavy atom. The minimum absolute atomic E-state index is 0.0257. The zero-order valence-electron chi connectivity index (χ0n) is 18.1. The smallest absolute Gasteiger partial charge is 0.268 e. The number of aromatic nitrogens is 1. The fourth-order valence-corrected chi connectivity index (χ4v) is 4.36. The van der Waals surface area contributed by atoms with Gasteiger partial charge in [0.25, 0.3) is 5.91 Å². The van der Waals surface area contributed by atoms with Gasteiger partial charge in [0.2, 0.25) is 0 Å². The Bertz CT molecular complexity index is 1040. The zero-order chi connectivity index (χ0) is 21.8. The van der Waals surface area contributed by atoms with E-state index >= 15 is 0 Å². The van der Waals surface area contributed by atoms with Crippen LogP contribution in [0.15, 0.2) is 60.7 Å². The summed E-state index contributed by atoms with van der Waals surface area (Å²) >= 11 is 6.30. The molecular formula is C25H29ClN4O. The van der Waals surface area contributed by atoms with Crippen molar-refractivity contribution in [3.8, 4) is 22.4 Å². The molecule has 1 aliphatic heterocycles. The number of carbonyl (C=O) groups excluding carboxylic acids is 1. The Hall–Kier alpha value is -2.60. The number of benzene rings is 2. The molecule has 1 aliphatic rings. The largest absolute Gasteiger partial charge is 0.349 e. The predicted molar refractivity (Wildman–Crippen MR) is 128 cm³/mol. The van der Waals surface area contributed by atoms with Crippen LogP contribution in [-0.4, -0.2) is 55.6 Å². The van der Waals surface area contributed by atoms with Crippen molar-refractivity contribution in [3.63, 3.8) is 0 Å². The van der Waals surface area contributed by atoms with E-state index in [1.165, 1.54) is 0 Å². The van der Waals surface area contributed by atoms with E-state index in [1.54, 1.807) is 0 Å². The summed E-state index contributed by atoms with van der Waals surface area (Å²) in [5.74, 6) is -0.0257. The molecule has 1 atom stereocenters. The Morgan fingerprint density at radius 2 is 1.84 bits per heavy atom. The van der Waals surface area contributed by atoms with Crippen molar-refractivity contribution in [2.75, 3.05) is 40.3 Å². The molecule has 2 N–H and O–H groups in total. The van der Waals surface area contributed by atoms with E-state index in [2.05, 4.69) is 52.4 Å². The van der Waals surface area contributed by atoms with Gasteiger partial charge < -0.3 is 20.1 Å². The van der Waals surface area contributed by atoms with Crippen LogP contribution in [0, 0.1) is 0 Å². The summed E-state index contributed by atoms with van der Waals surface area (Å²) in [6, 6.07) is 20.3. The second-order valence-corrected chi connectivity index (χ2v) is 8.68. The first kappa shape index (κ1) is 21.6. The summed E-state index contributed by atoms with van der Waals surface area (Å²) in [6.07, 6.45) is 0.935. The normalized spacial score (nSPS) is 15.7. The van der Waals surface area contributed by atoms with E-state index in [9.17, 15) is 4.79 Å². The molecule has 4 rings (SSSR count). The minimum Gasteiger partial charge on any atom is -0.349 e. The van der Waals surface area contributed by atoms with E-state index in [1.807, 2.05) is 42.5 Å². The maximum atomic E-state index is 12.8. The van der Waals surface area contributed by atoms with E-state index in [0.717, 1.165) is 48.4 Å². The zero-order valence-corrected chi connectivity index (χ0v) is 18.8. The third kappa shape index (κ3) is 4.85. The fourth-order valence-electron chi connectivity index (χ4n) is 4.17. The van der Waals surface area contributed by atoms with Crippen molar-refractivity contribution in [1.29, 1.82) is 0 Å². The van der Waals surface area contributed by atoms with Crippen LogP contribution in [-0.2, 0) is 0 Å². The summed E-state index contributed by atoms with van der Waals surface area (Å²) < 4.78 is 2.23. The maximum Gasteiger partial charge on any atom is 0.268 e. The van der Waals surface area contributed by atoms with Crippen molar-refractivity contribution in [2.24, 2.45) is 0 Å². The highest BCUT2D eigenvalue weighted by atomic mass is 35.5. The third-order valence-corrected chi connectivity index (χ3v) is 5.94. The summed E-state index contributed by atoms with van der Waals surface area (Å²) in [4.78, 5) is 15.0. The number of hydrogen-bond donors (Lipinski definition) is 2. The number of nitrogens with one attached hydrogen (secondary N) is 2. The molecule has 0 fully saturated rings. The number of carbonyl (C=O) groups is 1. The Kier molecular flexibility index (Phi) is 6.76. The van der Waals surface area contributed by atoms with Gasteiger partial charge in [-0.2, -0.15) is 0 Å². The van der Waals surface area contributed by atoms with Crippen molar-refractivity contribution < 1.29 is 4.79 Å². The molecule has 2 heterocycles. The van der Waals surface area contributed by atoms with E-state index < -0.39 is 0 Å². The van der Waals surface area contributed by atoms with Gasteiger partial charge in [0.1, 0.15) is 5.69 Å². The van der Waals surface area contributed by atoms with Crippen LogP contribution in [0.5, 0.6) is 0 Å². The molecule has 0 spiro atoms. The molecular weight excluding hydrogens is 408 g/mol. The number of nitrogens with zero attached hydrogens (tertiary/aromatic N) is 2. The van der Waals surface area contributed by atoms with Crippen LogP contribution in [0.2, 0.25) is 5.02 Å². The van der Waals surface area contributed by atoms with Crippen LogP contribution in [0.4, 0.5) is 0 Å². The van der Waals surface area contributed by atoms with E-state index in [-0.39, 0.29) is 11.9 Å². The van der Waals surface area contributed by atoms with Gasteiger partial charge in [-0.05, 0) is 56.4 Å². The van der Waals surface area contributed by atoms with Crippen molar-refractivity contribution >= 4 is 17.5 Å². The first-order chi connectivity index (χ1) is 15.0. The van der Waals surface area contributed by atoms with E-state index in [4.69, 9.17) is 11.6 Å². The number of amides is 1. The molecule has 3 aromatic rings. The van der Waals surface area contributed by atoms with Gasteiger partial charge in [0.15, 0.2) is 0 Å². The number of fused-ring (bicyclic) bond motifs is 1. The summed E-state index contributed by atoms with van der Waals surface area (Å²) in [5.41, 5.74) is 4.93. The highest BCUT2D eigenvalue weighted by Gasteiger charge is 2.30. The highest BCUT2D eigenvalue weighted by Crippen LogP contribution is 2.39. The van der Waals surface area contributed by atoms with Crippen molar-refractivity contribution in [1.82, 2.24) is 20.1 Å². The molecule has 162 valence electrons. The Morgan fingerprint density at radius 3 is 2.58 bits per heavy atom. The van der Waals surface area contributed by atoms with Gasteiger partial charge >= 0.3 is 0 Å². The average molecular weight is 437 g/mol. The second kappa shape index (κ2) is 9.69. The van der Waals surface area contributed by atoms with Gasteiger partial charge in [-0.25, -0.2) is 0 Å². The Balaban J connectivity index is 1.73. The molecule has 0 radical (unpaired) electrons. The lowest BCUT2D eigenvalue weighted by Gasteiger charge is -2.29. The van der Waals surface area contributed by atoms with Gasteiger partial charge in [-0.1, -0.05) is 54.1 Å². The molecule has 0 saturated heterocycles. The molecule has 6 heteroatoms. The molecule has 1 unspecified atom stereocenters. The number of rotatable bonds is 8. The predicted octanol–water partition coefficient (Wildman–Crippen LogP) is 4.30. The first-order valence-corrected chi connectivity index (χ1v) is 11.1. The average Bonchev–Trinajstić information content (AvgIpc) is 3.17. The molecule has 1 amide bonds. The maximum absolute atomic E-state index is 12.8. The quantitative estimate of drug-likeness (QED) is 0.517. The standard InChI is InChI=1S/C25H29ClN4O/c1-29(2)14-13-27-12-11-21-17-28-25(31)23-16-22(19-9-6-10-20(26)15-19)24(30(21)23)18-7-4-3-5-8-18/h3-10,15-16,21,27H,11-14,17H2,1-2H3,(H,28,31). The number of hydrogen-bond acceptors (Lipinski definition) is 3. The molecule has 31 heavy (non-hydrogen) atoms. The highest BCUT2D eigenvalue weighted by molar-refractivity contribution is 6.30. The summed E-state index contributed by atoms with van der Waals surface area (Å²) in [5, 5.41) is 7.29.